The molecule has 0 radical (unpaired) electrons. The van der Waals surface area contributed by atoms with Crippen LogP contribution >= 0.6 is 0 Å². The van der Waals surface area contributed by atoms with Gasteiger partial charge in [-0.1, -0.05) is 42.5 Å². The minimum Gasteiger partial charge on any atom is -0.340 e. The van der Waals surface area contributed by atoms with Crippen LogP contribution in [0, 0.1) is 0 Å². The molecule has 8 heteroatoms. The molecule has 0 aliphatic carbocycles. The second-order valence-corrected chi connectivity index (χ2v) is 9.43. The Morgan fingerprint density at radius 3 is 2.55 bits per heavy atom. The molecule has 0 N–H and O–H groups in total. The van der Waals surface area contributed by atoms with E-state index in [-0.39, 0.29) is 30.3 Å². The molecule has 3 aromatic rings. The highest BCUT2D eigenvalue weighted by Gasteiger charge is 2.32. The zero-order valence-corrected chi connectivity index (χ0v) is 16.6. The van der Waals surface area contributed by atoms with Crippen LogP contribution in [-0.2, 0) is 21.2 Å². The van der Waals surface area contributed by atoms with Crippen LogP contribution in [0.4, 0.5) is 0 Å². The number of nitrogens with zero attached hydrogens (tertiary/aromatic N) is 3. The Morgan fingerprint density at radius 1 is 1.03 bits per heavy atom. The van der Waals surface area contributed by atoms with E-state index in [0.29, 0.717) is 23.9 Å². The van der Waals surface area contributed by atoms with Gasteiger partial charge in [-0.15, -0.1) is 0 Å². The van der Waals surface area contributed by atoms with Crippen LogP contribution in [0.25, 0.3) is 10.9 Å². The van der Waals surface area contributed by atoms with E-state index in [1.165, 1.54) is 15.8 Å². The fourth-order valence-electron chi connectivity index (χ4n) is 3.70. The molecule has 4 rings (SSSR count). The first kappa shape index (κ1) is 19.3. The fraction of sp³-hybridized carbons (Fsp3) is 0.286. The maximum atomic E-state index is 12.8. The number of para-hydroxylation sites is 1. The summed E-state index contributed by atoms with van der Waals surface area (Å²) in [7, 11) is -3.36. The molecule has 1 aromatic heterocycles. The average molecular weight is 411 g/mol. The van der Waals surface area contributed by atoms with Crippen molar-refractivity contribution < 1.29 is 13.2 Å². The largest absolute Gasteiger partial charge is 0.340 e. The maximum Gasteiger partial charge on any atom is 0.261 e. The first-order valence-electron chi connectivity index (χ1n) is 9.44. The highest BCUT2D eigenvalue weighted by Crippen LogP contribution is 2.29. The Labute approximate surface area is 168 Å². The predicted molar refractivity (Wildman–Crippen MR) is 110 cm³/mol. The van der Waals surface area contributed by atoms with E-state index in [2.05, 4.69) is 4.98 Å². The summed E-state index contributed by atoms with van der Waals surface area (Å²) in [6.07, 6.45) is 1.70. The van der Waals surface area contributed by atoms with Gasteiger partial charge >= 0.3 is 0 Å². The van der Waals surface area contributed by atoms with Crippen LogP contribution in [0.1, 0.15) is 17.2 Å². The van der Waals surface area contributed by atoms with E-state index in [9.17, 15) is 18.0 Å². The monoisotopic (exact) mass is 411 g/mol. The number of sulfone groups is 1. The van der Waals surface area contributed by atoms with Gasteiger partial charge in [-0.25, -0.2) is 13.4 Å². The summed E-state index contributed by atoms with van der Waals surface area (Å²) in [6, 6.07) is 16.1. The first-order valence-corrected chi connectivity index (χ1v) is 11.2. The van der Waals surface area contributed by atoms with Crippen LogP contribution < -0.4 is 5.56 Å². The van der Waals surface area contributed by atoms with E-state index in [0.717, 1.165) is 5.56 Å². The van der Waals surface area contributed by atoms with Crippen molar-refractivity contribution in [1.29, 1.82) is 0 Å². The summed E-state index contributed by atoms with van der Waals surface area (Å²) < 4.78 is 26.7. The summed E-state index contributed by atoms with van der Waals surface area (Å²) in [5.74, 6) is -0.378. The third-order valence-electron chi connectivity index (χ3n) is 5.30. The summed E-state index contributed by atoms with van der Waals surface area (Å²) in [5, 5.41) is -0.169. The standard InChI is InChI=1S/C21H21N3O4S/c25-20(14-24-15-22-18-9-5-4-8-17(18)21(24)26)23-11-10-19(29(27,28)13-12-23)16-6-2-1-3-7-16/h1-9,15,19H,10-14H2/t19-/m1/s1. The van der Waals surface area contributed by atoms with Gasteiger partial charge in [0, 0.05) is 13.1 Å². The molecule has 1 aliphatic rings. The Balaban J connectivity index is 1.53. The van der Waals surface area contributed by atoms with Crippen molar-refractivity contribution in [3.05, 3.63) is 76.8 Å². The molecule has 0 bridgehead atoms. The summed E-state index contributed by atoms with van der Waals surface area (Å²) in [6.45, 7) is 0.292. The van der Waals surface area contributed by atoms with Crippen LogP contribution in [-0.4, -0.2) is 47.6 Å². The predicted octanol–water partition coefficient (Wildman–Crippen LogP) is 1.78. The van der Waals surface area contributed by atoms with Gasteiger partial charge in [-0.3, -0.25) is 14.2 Å². The highest BCUT2D eigenvalue weighted by molar-refractivity contribution is 7.91. The average Bonchev–Trinajstić information content (AvgIpc) is 2.89. The van der Waals surface area contributed by atoms with Crippen molar-refractivity contribution in [2.75, 3.05) is 18.8 Å². The summed E-state index contributed by atoms with van der Waals surface area (Å²) in [5.41, 5.74) is 1.04. The zero-order valence-electron chi connectivity index (χ0n) is 15.8. The van der Waals surface area contributed by atoms with Crippen LogP contribution in [0.15, 0.2) is 65.7 Å². The molecule has 0 spiro atoms. The highest BCUT2D eigenvalue weighted by atomic mass is 32.2. The molecule has 1 aliphatic heterocycles. The molecule has 1 atom stereocenters. The maximum absolute atomic E-state index is 12.8. The van der Waals surface area contributed by atoms with Gasteiger partial charge in [0.15, 0.2) is 9.84 Å². The van der Waals surface area contributed by atoms with Gasteiger partial charge in [0.05, 0.1) is 28.2 Å². The van der Waals surface area contributed by atoms with E-state index >= 15 is 0 Å². The second kappa shape index (κ2) is 7.79. The number of amides is 1. The lowest BCUT2D eigenvalue weighted by Gasteiger charge is -2.20. The molecule has 2 heterocycles. The SMILES string of the molecule is O=C(Cn1cnc2ccccc2c1=O)N1CC[C@H](c2ccccc2)S(=O)(=O)CC1. The first-order chi connectivity index (χ1) is 14.0. The Kier molecular flexibility index (Phi) is 5.19. The number of aromatic nitrogens is 2. The Bertz CT molecular complexity index is 1210. The van der Waals surface area contributed by atoms with E-state index in [4.69, 9.17) is 0 Å². The van der Waals surface area contributed by atoms with Gasteiger partial charge in [0.25, 0.3) is 5.56 Å². The lowest BCUT2D eigenvalue weighted by atomic mass is 10.1. The molecule has 0 unspecified atom stereocenters. The number of fused-ring (bicyclic) bond motifs is 1. The lowest BCUT2D eigenvalue weighted by molar-refractivity contribution is -0.131. The number of rotatable bonds is 3. The molecule has 1 saturated heterocycles. The van der Waals surface area contributed by atoms with E-state index < -0.39 is 15.1 Å². The smallest absolute Gasteiger partial charge is 0.261 e. The molecule has 29 heavy (non-hydrogen) atoms. The number of carbonyl (C=O) groups excluding carboxylic acids is 1. The van der Waals surface area contributed by atoms with Gasteiger partial charge in [0.1, 0.15) is 6.54 Å². The van der Waals surface area contributed by atoms with Crippen molar-refractivity contribution >= 4 is 26.6 Å². The number of hydrogen-bond donors (Lipinski definition) is 0. The normalized spacial score (nSPS) is 19.0. The van der Waals surface area contributed by atoms with Crippen LogP contribution in [0.3, 0.4) is 0 Å². The van der Waals surface area contributed by atoms with Crippen LogP contribution in [0.2, 0.25) is 0 Å². The molecule has 1 fully saturated rings. The van der Waals surface area contributed by atoms with E-state index in [1.54, 1.807) is 36.4 Å². The van der Waals surface area contributed by atoms with Crippen LogP contribution in [0.5, 0.6) is 0 Å². The van der Waals surface area contributed by atoms with Gasteiger partial charge in [0.2, 0.25) is 5.91 Å². The summed E-state index contributed by atoms with van der Waals surface area (Å²) in [4.78, 5) is 31.2. The lowest BCUT2D eigenvalue weighted by Crippen LogP contribution is -2.38. The number of hydrogen-bond acceptors (Lipinski definition) is 5. The molecular weight excluding hydrogens is 390 g/mol. The number of benzene rings is 2. The molecular formula is C21H21N3O4S. The van der Waals surface area contributed by atoms with Gasteiger partial charge in [-0.05, 0) is 24.1 Å². The van der Waals surface area contributed by atoms with Gasteiger partial charge in [-0.2, -0.15) is 0 Å². The molecule has 7 nitrogen and oxygen atoms in total. The molecule has 150 valence electrons. The van der Waals surface area contributed by atoms with Crippen molar-refractivity contribution in [1.82, 2.24) is 14.5 Å². The summed E-state index contributed by atoms with van der Waals surface area (Å²) >= 11 is 0. The minimum absolute atomic E-state index is 0.0941. The fourth-order valence-corrected chi connectivity index (χ4v) is 5.50. The topological polar surface area (TPSA) is 89.3 Å². The number of carbonyl (C=O) groups is 1. The zero-order chi connectivity index (χ0) is 20.4. The van der Waals surface area contributed by atoms with Crippen molar-refractivity contribution in [3.8, 4) is 0 Å². The van der Waals surface area contributed by atoms with E-state index in [1.807, 2.05) is 18.2 Å². The van der Waals surface area contributed by atoms with Gasteiger partial charge < -0.3 is 4.90 Å². The quantitative estimate of drug-likeness (QED) is 0.656. The third kappa shape index (κ3) is 3.93. The second-order valence-electron chi connectivity index (χ2n) is 7.13. The minimum atomic E-state index is -3.36. The third-order valence-corrected chi connectivity index (χ3v) is 7.43. The Morgan fingerprint density at radius 2 is 1.76 bits per heavy atom. The molecule has 0 saturated carbocycles. The molecule has 1 amide bonds. The van der Waals surface area contributed by atoms with Crippen molar-refractivity contribution in [2.24, 2.45) is 0 Å². The van der Waals surface area contributed by atoms with Crippen molar-refractivity contribution in [2.45, 2.75) is 18.2 Å². The Hall–Kier alpha value is -3.00. The molecule has 2 aromatic carbocycles. The van der Waals surface area contributed by atoms with Crippen molar-refractivity contribution in [3.63, 3.8) is 0 Å².